The Hall–Kier alpha value is -5.97. The number of aryl methyl sites for hydroxylation is 1. The molecule has 0 radical (unpaired) electrons. The first-order chi connectivity index (χ1) is 24.8. The number of esters is 2. The van der Waals surface area contributed by atoms with Gasteiger partial charge in [0.25, 0.3) is 17.7 Å². The Bertz CT molecular complexity index is 2020. The highest BCUT2D eigenvalue weighted by molar-refractivity contribution is 6.13. The van der Waals surface area contributed by atoms with Gasteiger partial charge >= 0.3 is 11.9 Å². The van der Waals surface area contributed by atoms with Crippen LogP contribution in [-0.4, -0.2) is 79.9 Å². The summed E-state index contributed by atoms with van der Waals surface area (Å²) in [4.78, 5) is 70.3. The topological polar surface area (TPSA) is 132 Å². The summed E-state index contributed by atoms with van der Waals surface area (Å²) in [6, 6.07) is 24.4. The van der Waals surface area contributed by atoms with Crippen molar-refractivity contribution >= 4 is 35.3 Å². The van der Waals surface area contributed by atoms with Gasteiger partial charge in [-0.15, -0.1) is 0 Å². The summed E-state index contributed by atoms with van der Waals surface area (Å²) in [5, 5.41) is 2.92. The Labute approximate surface area is 303 Å². The number of amides is 3. The maximum Gasteiger partial charge on any atom is 0.340 e. The molecule has 11 heteroatoms. The molecule has 0 bridgehead atoms. The second-order valence-corrected chi connectivity index (χ2v) is 13.0. The lowest BCUT2D eigenvalue weighted by Gasteiger charge is -2.33. The van der Waals surface area contributed by atoms with Crippen molar-refractivity contribution in [2.75, 3.05) is 39.7 Å². The first-order valence-corrected chi connectivity index (χ1v) is 17.0. The molecule has 1 unspecified atom stereocenters. The van der Waals surface area contributed by atoms with Gasteiger partial charge < -0.3 is 29.3 Å². The molecule has 1 aliphatic heterocycles. The maximum atomic E-state index is 14.0. The van der Waals surface area contributed by atoms with Crippen molar-refractivity contribution in [3.8, 4) is 16.9 Å². The van der Waals surface area contributed by atoms with Gasteiger partial charge in [-0.3, -0.25) is 19.2 Å². The second kappa shape index (κ2) is 15.5. The summed E-state index contributed by atoms with van der Waals surface area (Å²) in [6.45, 7) is 7.01. The number of ether oxygens (including phenoxy) is 3. The normalized spacial score (nSPS) is 14.8. The van der Waals surface area contributed by atoms with Gasteiger partial charge in [0.2, 0.25) is 5.54 Å². The lowest BCUT2D eigenvalue weighted by Crippen LogP contribution is -2.52. The van der Waals surface area contributed by atoms with E-state index < -0.39 is 41.8 Å². The molecule has 11 nitrogen and oxygen atoms in total. The Morgan fingerprint density at radius 1 is 0.885 bits per heavy atom. The van der Waals surface area contributed by atoms with Crippen LogP contribution < -0.4 is 10.1 Å². The molecule has 1 aliphatic rings. The van der Waals surface area contributed by atoms with Crippen molar-refractivity contribution in [2.45, 2.75) is 45.8 Å². The molecule has 4 aromatic carbocycles. The van der Waals surface area contributed by atoms with Crippen molar-refractivity contribution in [1.82, 2.24) is 9.80 Å². The molecule has 1 atom stereocenters. The van der Waals surface area contributed by atoms with E-state index in [2.05, 4.69) is 5.32 Å². The average molecular weight is 706 g/mol. The van der Waals surface area contributed by atoms with E-state index in [1.54, 1.807) is 75.6 Å². The fourth-order valence-corrected chi connectivity index (χ4v) is 6.42. The molecular weight excluding hydrogens is 662 g/mol. The Balaban J connectivity index is 1.43. The third kappa shape index (κ3) is 7.25. The number of hydrogen-bond acceptors (Lipinski definition) is 8. The van der Waals surface area contributed by atoms with Gasteiger partial charge in [-0.25, -0.2) is 4.79 Å². The number of rotatable bonds is 12. The number of carbonyl (C=O) groups is 5. The highest BCUT2D eigenvalue weighted by atomic mass is 16.6. The smallest absolute Gasteiger partial charge is 0.340 e. The number of hydrogen-bond donors (Lipinski definition) is 1. The highest BCUT2D eigenvalue weighted by Gasteiger charge is 2.55. The molecule has 1 N–H and O–H groups in total. The van der Waals surface area contributed by atoms with Crippen LogP contribution in [0.1, 0.15) is 68.5 Å². The quantitative estimate of drug-likeness (QED) is 0.177. The Kier molecular flexibility index (Phi) is 11.1. The highest BCUT2D eigenvalue weighted by Crippen LogP contribution is 2.40. The lowest BCUT2D eigenvalue weighted by molar-refractivity contribution is -0.163. The van der Waals surface area contributed by atoms with E-state index in [1.165, 1.54) is 16.8 Å². The molecule has 0 spiro atoms. The summed E-state index contributed by atoms with van der Waals surface area (Å²) in [5.74, 6) is -2.07. The minimum atomic E-state index is -1.69. The molecule has 3 amide bonds. The van der Waals surface area contributed by atoms with Crippen LogP contribution in [0.2, 0.25) is 0 Å². The summed E-state index contributed by atoms with van der Waals surface area (Å²) in [6.07, 6.45) is -0.349. The fraction of sp³-hybridized carbons (Fsp3) is 0.293. The number of fused-ring (bicyclic) bond motifs is 1. The molecule has 4 aromatic rings. The van der Waals surface area contributed by atoms with E-state index in [0.29, 0.717) is 28.0 Å². The molecule has 0 aliphatic carbocycles. The SMILES string of the molecule is CCOC(=O)C1(COC(=O)Cc2cccc(NC(=O)c3cccc(C)c3-c3ccc(OC(C)C)cc3)c2C(=O)N(C)C)c2ccccc2C(=O)N1C. The number of likely N-dealkylation sites (N-methyl/N-ethyl adjacent to an activating group) is 1. The minimum Gasteiger partial charge on any atom is -0.491 e. The van der Waals surface area contributed by atoms with Crippen LogP contribution in [0, 0.1) is 6.92 Å². The Morgan fingerprint density at radius 3 is 2.25 bits per heavy atom. The Morgan fingerprint density at radius 2 is 1.58 bits per heavy atom. The van der Waals surface area contributed by atoms with Gasteiger partial charge in [0, 0.05) is 37.8 Å². The molecule has 5 rings (SSSR count). The number of nitrogens with one attached hydrogen (secondary N) is 1. The summed E-state index contributed by atoms with van der Waals surface area (Å²) < 4.78 is 16.9. The summed E-state index contributed by atoms with van der Waals surface area (Å²) in [5.41, 5.74) is 2.43. The van der Waals surface area contributed by atoms with Crippen LogP contribution in [0.4, 0.5) is 5.69 Å². The van der Waals surface area contributed by atoms with Crippen molar-refractivity contribution in [3.63, 3.8) is 0 Å². The van der Waals surface area contributed by atoms with Gasteiger partial charge in [0.15, 0.2) is 0 Å². The van der Waals surface area contributed by atoms with Crippen LogP contribution in [0.15, 0.2) is 84.9 Å². The summed E-state index contributed by atoms with van der Waals surface area (Å²) in [7, 11) is 4.60. The molecule has 0 aromatic heterocycles. The van der Waals surface area contributed by atoms with Crippen molar-refractivity contribution in [2.24, 2.45) is 0 Å². The first kappa shape index (κ1) is 37.3. The molecule has 0 saturated heterocycles. The standard InChI is InChI=1S/C41H43N3O8/c1-8-50-40(49)41(32-17-10-9-15-30(32)38(47)44(41)7)24-51-34(45)23-28-14-12-18-33(36(28)39(48)43(5)6)42-37(46)31-16-11-13-26(4)35(31)27-19-21-29(22-20-27)52-25(2)3/h9-22,25H,8,23-24H2,1-7H3,(H,42,46). The predicted octanol–water partition coefficient (Wildman–Crippen LogP) is 6.03. The third-order valence-corrected chi connectivity index (χ3v) is 8.92. The number of anilines is 1. The summed E-state index contributed by atoms with van der Waals surface area (Å²) >= 11 is 0. The van der Waals surface area contributed by atoms with Crippen molar-refractivity contribution in [3.05, 3.63) is 118 Å². The van der Waals surface area contributed by atoms with E-state index in [-0.39, 0.29) is 30.4 Å². The van der Waals surface area contributed by atoms with Crippen LogP contribution in [-0.2, 0) is 31.0 Å². The van der Waals surface area contributed by atoms with Gasteiger partial charge in [0.1, 0.15) is 12.4 Å². The first-order valence-electron chi connectivity index (χ1n) is 17.0. The predicted molar refractivity (Wildman–Crippen MR) is 196 cm³/mol. The van der Waals surface area contributed by atoms with Crippen LogP contribution in [0.3, 0.4) is 0 Å². The van der Waals surface area contributed by atoms with Crippen LogP contribution >= 0.6 is 0 Å². The van der Waals surface area contributed by atoms with E-state index in [1.807, 2.05) is 51.1 Å². The van der Waals surface area contributed by atoms with Crippen LogP contribution in [0.25, 0.3) is 11.1 Å². The van der Waals surface area contributed by atoms with Crippen molar-refractivity contribution in [1.29, 1.82) is 0 Å². The number of nitrogens with zero attached hydrogens (tertiary/aromatic N) is 2. The van der Waals surface area contributed by atoms with E-state index >= 15 is 0 Å². The zero-order chi connectivity index (χ0) is 37.7. The monoisotopic (exact) mass is 705 g/mol. The molecule has 270 valence electrons. The third-order valence-electron chi connectivity index (χ3n) is 8.92. The minimum absolute atomic E-state index is 0.0146. The molecule has 0 saturated carbocycles. The van der Waals surface area contributed by atoms with Crippen LogP contribution in [0.5, 0.6) is 5.75 Å². The van der Waals surface area contributed by atoms with Gasteiger partial charge in [-0.05, 0) is 80.3 Å². The number of benzene rings is 4. The van der Waals surface area contributed by atoms with Crippen molar-refractivity contribution < 1.29 is 38.2 Å². The van der Waals surface area contributed by atoms with E-state index in [0.717, 1.165) is 16.7 Å². The van der Waals surface area contributed by atoms with E-state index in [4.69, 9.17) is 14.2 Å². The number of carbonyl (C=O) groups excluding carboxylic acids is 5. The fourth-order valence-electron chi connectivity index (χ4n) is 6.42. The molecule has 52 heavy (non-hydrogen) atoms. The average Bonchev–Trinajstić information content (AvgIpc) is 3.33. The molecular formula is C41H43N3O8. The zero-order valence-corrected chi connectivity index (χ0v) is 30.4. The molecule has 0 fully saturated rings. The van der Waals surface area contributed by atoms with Gasteiger partial charge in [0.05, 0.1) is 30.4 Å². The maximum absolute atomic E-state index is 14.0. The lowest BCUT2D eigenvalue weighted by atomic mass is 9.90. The molecule has 1 heterocycles. The largest absolute Gasteiger partial charge is 0.491 e. The second-order valence-electron chi connectivity index (χ2n) is 13.0. The van der Waals surface area contributed by atoms with Gasteiger partial charge in [-0.1, -0.05) is 54.6 Å². The zero-order valence-electron chi connectivity index (χ0n) is 30.4. The van der Waals surface area contributed by atoms with Gasteiger partial charge in [-0.2, -0.15) is 0 Å². The van der Waals surface area contributed by atoms with E-state index in [9.17, 15) is 24.0 Å².